The Balaban J connectivity index is 1.43. The molecule has 6 heteroatoms. The smallest absolute Gasteiger partial charge is 0.306 e. The first kappa shape index (κ1) is 26.9. The van der Waals surface area contributed by atoms with Crippen LogP contribution in [0.1, 0.15) is 68.6 Å². The molecule has 0 bridgehead atoms. The molecule has 1 heterocycles. The van der Waals surface area contributed by atoms with Crippen LogP contribution in [0.25, 0.3) is 16.7 Å². The average Bonchev–Trinajstić information content (AvgIpc) is 3.72. The van der Waals surface area contributed by atoms with Crippen molar-refractivity contribution < 1.29 is 23.4 Å². The molecule has 0 N–H and O–H groups in total. The van der Waals surface area contributed by atoms with Gasteiger partial charge in [-0.1, -0.05) is 44.2 Å². The van der Waals surface area contributed by atoms with E-state index in [0.717, 1.165) is 53.7 Å². The van der Waals surface area contributed by atoms with Crippen LogP contribution in [-0.4, -0.2) is 25.2 Å². The Kier molecular flexibility index (Phi) is 7.74. The lowest BCUT2D eigenvalue weighted by Crippen LogP contribution is -2.11. The molecule has 0 amide bonds. The number of allylic oxidation sites excluding steroid dienone is 2. The minimum Gasteiger partial charge on any atom is -0.489 e. The van der Waals surface area contributed by atoms with E-state index in [2.05, 4.69) is 37.0 Å². The fraction of sp³-hybridized carbons (Fsp3) is 0.394. The molecule has 39 heavy (non-hydrogen) atoms. The van der Waals surface area contributed by atoms with Crippen LogP contribution in [-0.2, 0) is 16.1 Å². The minimum atomic E-state index is -0.383. The first-order chi connectivity index (χ1) is 18.8. The topological polar surface area (TPSA) is 57.7 Å². The van der Waals surface area contributed by atoms with Gasteiger partial charge in [0.05, 0.1) is 26.8 Å². The van der Waals surface area contributed by atoms with Crippen molar-refractivity contribution in [1.29, 1.82) is 0 Å². The number of hydrogen-bond donors (Lipinski definition) is 0. The Morgan fingerprint density at radius 3 is 2.59 bits per heavy atom. The van der Waals surface area contributed by atoms with E-state index in [1.54, 1.807) is 6.07 Å². The van der Waals surface area contributed by atoms with Gasteiger partial charge >= 0.3 is 5.97 Å². The lowest BCUT2D eigenvalue weighted by atomic mass is 9.79. The highest BCUT2D eigenvalue weighted by Gasteiger charge is 2.34. The normalized spacial score (nSPS) is 16.9. The summed E-state index contributed by atoms with van der Waals surface area (Å²) in [5, 5.41) is 0. The molecule has 1 fully saturated rings. The van der Waals surface area contributed by atoms with Crippen molar-refractivity contribution in [2.45, 2.75) is 58.5 Å². The molecule has 1 atom stereocenters. The van der Waals surface area contributed by atoms with Crippen molar-refractivity contribution in [1.82, 2.24) is 4.98 Å². The molecule has 0 aliphatic heterocycles. The highest BCUT2D eigenvalue weighted by molar-refractivity contribution is 5.85. The fourth-order valence-electron chi connectivity index (χ4n) is 5.66. The van der Waals surface area contributed by atoms with Gasteiger partial charge in [0.15, 0.2) is 0 Å². The van der Waals surface area contributed by atoms with E-state index in [-0.39, 0.29) is 23.1 Å². The van der Waals surface area contributed by atoms with E-state index < -0.39 is 0 Å². The summed E-state index contributed by atoms with van der Waals surface area (Å²) in [5.74, 6) is 1.24. The summed E-state index contributed by atoms with van der Waals surface area (Å²) in [4.78, 5) is 16.0. The van der Waals surface area contributed by atoms with E-state index in [9.17, 15) is 9.18 Å². The molecular formula is C33H36FNO4. The summed E-state index contributed by atoms with van der Waals surface area (Å²) in [6, 6.07) is 15.8. The number of rotatable bonds is 10. The van der Waals surface area contributed by atoms with Crippen molar-refractivity contribution >= 4 is 11.5 Å². The predicted octanol–water partition coefficient (Wildman–Crippen LogP) is 7.74. The van der Waals surface area contributed by atoms with Gasteiger partial charge < -0.3 is 14.2 Å². The predicted molar refractivity (Wildman–Crippen MR) is 150 cm³/mol. The fourth-order valence-corrected chi connectivity index (χ4v) is 5.66. The van der Waals surface area contributed by atoms with Gasteiger partial charge in [0.1, 0.15) is 18.2 Å². The quantitative estimate of drug-likeness (QED) is 0.252. The van der Waals surface area contributed by atoms with E-state index in [1.165, 1.54) is 26.0 Å². The Morgan fingerprint density at radius 2 is 1.90 bits per heavy atom. The Morgan fingerprint density at radius 1 is 1.08 bits per heavy atom. The number of ether oxygens (including phenoxy) is 3. The molecule has 5 nitrogen and oxygen atoms in total. The number of esters is 1. The standard InChI is InChI=1S/C33H36FNO4/c1-33(2)14-6-9-29(33)27-15-21(10-13-25(27)28-17-31(37-3)35-19-30(28)34)20-39-24-8-5-7-23(16-24)26(22-11-12-22)18-32(36)38-4/h5,7-10,13,15-17,19,22,26H,6,11-12,14,18,20H2,1-4H3/t26-/m1/s1. The zero-order valence-corrected chi connectivity index (χ0v) is 23.1. The van der Waals surface area contributed by atoms with Crippen LogP contribution in [0.15, 0.2) is 60.8 Å². The molecule has 204 valence electrons. The van der Waals surface area contributed by atoms with E-state index in [1.807, 2.05) is 30.3 Å². The molecule has 0 radical (unpaired) electrons. The zero-order valence-electron chi connectivity index (χ0n) is 23.1. The number of carbonyl (C=O) groups is 1. The van der Waals surface area contributed by atoms with Crippen LogP contribution >= 0.6 is 0 Å². The third-order valence-electron chi connectivity index (χ3n) is 8.05. The maximum Gasteiger partial charge on any atom is 0.306 e. The van der Waals surface area contributed by atoms with E-state index in [4.69, 9.17) is 14.2 Å². The number of aromatic nitrogens is 1. The number of hydrogen-bond acceptors (Lipinski definition) is 5. The average molecular weight is 530 g/mol. The van der Waals surface area contributed by atoms with Crippen molar-refractivity contribution in [3.63, 3.8) is 0 Å². The van der Waals surface area contributed by atoms with Gasteiger partial charge in [0.2, 0.25) is 5.88 Å². The van der Waals surface area contributed by atoms with Crippen molar-refractivity contribution in [3.05, 3.63) is 83.3 Å². The van der Waals surface area contributed by atoms with Crippen LogP contribution in [0.4, 0.5) is 4.39 Å². The largest absolute Gasteiger partial charge is 0.489 e. The molecule has 2 aliphatic rings. The summed E-state index contributed by atoms with van der Waals surface area (Å²) in [6.45, 7) is 4.84. The third-order valence-corrected chi connectivity index (χ3v) is 8.05. The van der Waals surface area contributed by atoms with Crippen molar-refractivity contribution in [3.8, 4) is 22.8 Å². The van der Waals surface area contributed by atoms with Crippen LogP contribution < -0.4 is 9.47 Å². The van der Waals surface area contributed by atoms with Gasteiger partial charge in [-0.2, -0.15) is 0 Å². The van der Waals surface area contributed by atoms with Gasteiger partial charge in [0, 0.05) is 11.6 Å². The zero-order chi connectivity index (χ0) is 27.6. The molecule has 3 aromatic rings. The Labute approximate surface area is 230 Å². The van der Waals surface area contributed by atoms with E-state index >= 15 is 0 Å². The monoisotopic (exact) mass is 529 g/mol. The maximum absolute atomic E-state index is 15.0. The third kappa shape index (κ3) is 6.00. The first-order valence-corrected chi connectivity index (χ1v) is 13.6. The summed E-state index contributed by atoms with van der Waals surface area (Å²) < 4.78 is 31.5. The molecule has 1 aromatic heterocycles. The second kappa shape index (κ2) is 11.2. The van der Waals surface area contributed by atoms with Gasteiger partial charge in [-0.05, 0) is 89.0 Å². The van der Waals surface area contributed by atoms with Crippen molar-refractivity contribution in [2.75, 3.05) is 14.2 Å². The molecular weight excluding hydrogens is 493 g/mol. The molecule has 5 rings (SSSR count). The van der Waals surface area contributed by atoms with Gasteiger partial charge in [-0.25, -0.2) is 9.37 Å². The molecule has 1 saturated carbocycles. The maximum atomic E-state index is 15.0. The van der Waals surface area contributed by atoms with Gasteiger partial charge in [0.25, 0.3) is 0 Å². The lowest BCUT2D eigenvalue weighted by Gasteiger charge is -2.25. The highest BCUT2D eigenvalue weighted by atomic mass is 19.1. The number of methoxy groups -OCH3 is 2. The number of benzene rings is 2. The molecule has 0 unspecified atom stereocenters. The lowest BCUT2D eigenvalue weighted by molar-refractivity contribution is -0.141. The van der Waals surface area contributed by atoms with Crippen LogP contribution in [0.2, 0.25) is 0 Å². The summed E-state index contributed by atoms with van der Waals surface area (Å²) >= 11 is 0. The van der Waals surface area contributed by atoms with E-state index in [0.29, 0.717) is 30.4 Å². The molecule has 2 aliphatic carbocycles. The summed E-state index contributed by atoms with van der Waals surface area (Å²) in [6.07, 6.45) is 8.18. The number of nitrogens with zero attached hydrogens (tertiary/aromatic N) is 1. The number of halogens is 1. The highest BCUT2D eigenvalue weighted by Crippen LogP contribution is 2.48. The SMILES string of the molecule is COC(=O)C[C@@H](c1cccc(OCc2ccc(-c3cc(OC)ncc3F)c(C3=CCCC3(C)C)c2)c1)C1CC1. The minimum absolute atomic E-state index is 0.0202. The first-order valence-electron chi connectivity index (χ1n) is 13.6. The summed E-state index contributed by atoms with van der Waals surface area (Å²) in [7, 11) is 2.97. The second-order valence-corrected chi connectivity index (χ2v) is 11.2. The molecule has 0 saturated heterocycles. The summed E-state index contributed by atoms with van der Waals surface area (Å²) in [5.41, 5.74) is 5.59. The van der Waals surface area contributed by atoms with Gasteiger partial charge in [-0.15, -0.1) is 0 Å². The van der Waals surface area contributed by atoms with Crippen molar-refractivity contribution in [2.24, 2.45) is 11.3 Å². The van der Waals surface area contributed by atoms with Crippen LogP contribution in [0.3, 0.4) is 0 Å². The number of carbonyl (C=O) groups excluding carboxylic acids is 1. The second-order valence-electron chi connectivity index (χ2n) is 11.2. The Hall–Kier alpha value is -3.67. The number of pyridine rings is 1. The van der Waals surface area contributed by atoms with Crippen LogP contribution in [0.5, 0.6) is 11.6 Å². The molecule has 0 spiro atoms. The van der Waals surface area contributed by atoms with Gasteiger partial charge in [-0.3, -0.25) is 4.79 Å². The Bertz CT molecular complexity index is 1390. The molecule has 2 aromatic carbocycles. The van der Waals surface area contributed by atoms with Crippen LogP contribution in [0, 0.1) is 17.2 Å².